The van der Waals surface area contributed by atoms with Crippen molar-refractivity contribution in [2.75, 3.05) is 6.54 Å². The molecule has 7 nitrogen and oxygen atoms in total. The Bertz CT molecular complexity index is 1250. The van der Waals surface area contributed by atoms with Gasteiger partial charge in [0.15, 0.2) is 0 Å². The van der Waals surface area contributed by atoms with E-state index >= 15 is 0 Å². The Labute approximate surface area is 199 Å². The molecule has 3 rings (SSSR count). The molecule has 0 spiro atoms. The molecule has 0 radical (unpaired) electrons. The van der Waals surface area contributed by atoms with E-state index in [-0.39, 0.29) is 17.3 Å². The number of aryl methyl sites for hydroxylation is 1. The first kappa shape index (κ1) is 24.6. The van der Waals surface area contributed by atoms with E-state index in [0.717, 1.165) is 15.6 Å². The molecule has 0 aliphatic heterocycles. The van der Waals surface area contributed by atoms with Crippen LogP contribution >= 0.6 is 15.9 Å². The first-order chi connectivity index (χ1) is 15.7. The van der Waals surface area contributed by atoms with Crippen LogP contribution in [0.2, 0.25) is 0 Å². The van der Waals surface area contributed by atoms with Gasteiger partial charge in [-0.05, 0) is 55.0 Å². The zero-order chi connectivity index (χ0) is 23.8. The van der Waals surface area contributed by atoms with E-state index in [1.54, 1.807) is 42.5 Å². The lowest BCUT2D eigenvalue weighted by Crippen LogP contribution is -2.34. The normalized spacial score (nSPS) is 11.5. The molecule has 0 fully saturated rings. The first-order valence-corrected chi connectivity index (χ1v) is 12.1. The molecule has 0 aliphatic carbocycles. The van der Waals surface area contributed by atoms with Crippen molar-refractivity contribution in [2.24, 2.45) is 5.10 Å². The fourth-order valence-electron chi connectivity index (χ4n) is 2.63. The molecular formula is C23H21BrFN3O4S. The fourth-order valence-corrected chi connectivity index (χ4v) is 3.96. The predicted octanol–water partition coefficient (Wildman–Crippen LogP) is 3.90. The van der Waals surface area contributed by atoms with Gasteiger partial charge in [-0.3, -0.25) is 4.79 Å². The number of amides is 1. The fraction of sp³-hybridized carbons (Fsp3) is 0.130. The van der Waals surface area contributed by atoms with E-state index in [9.17, 15) is 17.6 Å². The molecule has 3 aromatic rings. The summed E-state index contributed by atoms with van der Waals surface area (Å²) in [6.07, 6.45) is 1.40. The van der Waals surface area contributed by atoms with Gasteiger partial charge in [0.25, 0.3) is 5.91 Å². The summed E-state index contributed by atoms with van der Waals surface area (Å²) in [5, 5.41) is 3.87. The van der Waals surface area contributed by atoms with E-state index < -0.39 is 22.5 Å². The number of rotatable bonds is 9. The summed E-state index contributed by atoms with van der Waals surface area (Å²) in [6, 6.07) is 17.5. The Balaban J connectivity index is 1.53. The summed E-state index contributed by atoms with van der Waals surface area (Å²) < 4.78 is 46.1. The molecule has 0 saturated heterocycles. The lowest BCUT2D eigenvalue weighted by molar-refractivity contribution is -0.119. The maximum absolute atomic E-state index is 13.0. The van der Waals surface area contributed by atoms with Gasteiger partial charge in [-0.1, -0.05) is 45.8 Å². The molecule has 3 aromatic carbocycles. The zero-order valence-corrected chi connectivity index (χ0v) is 20.0. The van der Waals surface area contributed by atoms with Crippen LogP contribution in [0.1, 0.15) is 16.7 Å². The Hall–Kier alpha value is -3.08. The lowest BCUT2D eigenvalue weighted by Gasteiger charge is -2.08. The molecule has 0 bridgehead atoms. The number of carbonyl (C=O) groups is 1. The lowest BCUT2D eigenvalue weighted by atomic mass is 10.2. The van der Waals surface area contributed by atoms with E-state index in [4.69, 9.17) is 4.74 Å². The van der Waals surface area contributed by atoms with Crippen molar-refractivity contribution in [1.82, 2.24) is 10.1 Å². The monoisotopic (exact) mass is 533 g/mol. The van der Waals surface area contributed by atoms with Crippen molar-refractivity contribution < 1.29 is 22.3 Å². The SMILES string of the molecule is Cc1ccc(S(=O)(=O)NCC(=O)N/N=C/c2cc(OCc3ccc(F)cc3)ccc2Br)cc1. The third kappa shape index (κ3) is 7.48. The molecule has 0 saturated carbocycles. The van der Waals surface area contributed by atoms with Crippen LogP contribution in [0.15, 0.2) is 81.2 Å². The molecule has 2 N–H and O–H groups in total. The minimum Gasteiger partial charge on any atom is -0.489 e. The number of halogens is 2. The van der Waals surface area contributed by atoms with Crippen molar-refractivity contribution in [3.05, 3.63) is 93.7 Å². The van der Waals surface area contributed by atoms with Gasteiger partial charge in [-0.15, -0.1) is 0 Å². The van der Waals surface area contributed by atoms with Gasteiger partial charge in [0.05, 0.1) is 17.7 Å². The minimum absolute atomic E-state index is 0.0748. The van der Waals surface area contributed by atoms with E-state index in [0.29, 0.717) is 11.3 Å². The van der Waals surface area contributed by atoms with Crippen LogP contribution in [-0.4, -0.2) is 27.1 Å². The van der Waals surface area contributed by atoms with Crippen molar-refractivity contribution in [3.63, 3.8) is 0 Å². The Morgan fingerprint density at radius 1 is 1.09 bits per heavy atom. The largest absolute Gasteiger partial charge is 0.489 e. The smallest absolute Gasteiger partial charge is 0.255 e. The number of nitrogens with zero attached hydrogens (tertiary/aromatic N) is 1. The van der Waals surface area contributed by atoms with Crippen molar-refractivity contribution >= 4 is 38.1 Å². The van der Waals surface area contributed by atoms with Crippen LogP contribution in [0.25, 0.3) is 0 Å². The van der Waals surface area contributed by atoms with Crippen LogP contribution < -0.4 is 14.9 Å². The highest BCUT2D eigenvalue weighted by molar-refractivity contribution is 9.10. The van der Waals surface area contributed by atoms with Crippen LogP contribution in [0.5, 0.6) is 5.75 Å². The summed E-state index contributed by atoms with van der Waals surface area (Å²) >= 11 is 3.40. The molecule has 172 valence electrons. The number of nitrogens with one attached hydrogen (secondary N) is 2. The third-order valence-electron chi connectivity index (χ3n) is 4.43. The van der Waals surface area contributed by atoms with E-state index in [2.05, 4.69) is 31.2 Å². The standard InChI is InChI=1S/C23H21BrFN3O4S/c1-16-2-9-21(10-3-16)33(30,31)27-14-23(29)28-26-13-18-12-20(8-11-22(18)24)32-15-17-4-6-19(25)7-5-17/h2-13,27H,14-15H2,1H3,(H,28,29)/b26-13+. The van der Waals surface area contributed by atoms with Crippen molar-refractivity contribution in [1.29, 1.82) is 0 Å². The summed E-state index contributed by atoms with van der Waals surface area (Å²) in [6.45, 7) is 1.65. The average molecular weight is 534 g/mol. The molecule has 0 heterocycles. The number of ether oxygens (including phenoxy) is 1. The summed E-state index contributed by atoms with van der Waals surface area (Å²) in [4.78, 5) is 12.1. The van der Waals surface area contributed by atoms with Gasteiger partial charge < -0.3 is 4.74 Å². The number of hydrogen-bond donors (Lipinski definition) is 2. The summed E-state index contributed by atoms with van der Waals surface area (Å²) in [5.74, 6) is -0.381. The number of carbonyl (C=O) groups excluding carboxylic acids is 1. The molecule has 0 atom stereocenters. The summed E-state index contributed by atoms with van der Waals surface area (Å²) in [5.41, 5.74) is 4.65. The second kappa shape index (κ2) is 11.2. The number of sulfonamides is 1. The molecule has 1 amide bonds. The molecule has 0 aliphatic rings. The van der Waals surface area contributed by atoms with Crippen molar-refractivity contribution in [3.8, 4) is 5.75 Å². The van der Waals surface area contributed by atoms with Gasteiger partial charge in [0.1, 0.15) is 18.2 Å². The Morgan fingerprint density at radius 3 is 2.48 bits per heavy atom. The molecule has 10 heteroatoms. The van der Waals surface area contributed by atoms with Crippen LogP contribution in [-0.2, 0) is 21.4 Å². The van der Waals surface area contributed by atoms with Gasteiger partial charge in [-0.2, -0.15) is 5.10 Å². The van der Waals surface area contributed by atoms with Crippen LogP contribution in [0.4, 0.5) is 4.39 Å². The number of hydrogen-bond acceptors (Lipinski definition) is 5. The second-order valence-corrected chi connectivity index (χ2v) is 9.65. The minimum atomic E-state index is -3.80. The van der Waals surface area contributed by atoms with Crippen LogP contribution in [0.3, 0.4) is 0 Å². The topological polar surface area (TPSA) is 96.9 Å². The Kier molecular flexibility index (Phi) is 8.32. The first-order valence-electron chi connectivity index (χ1n) is 9.78. The van der Waals surface area contributed by atoms with E-state index in [1.165, 1.54) is 30.5 Å². The van der Waals surface area contributed by atoms with Crippen LogP contribution in [0, 0.1) is 12.7 Å². The summed E-state index contributed by atoms with van der Waals surface area (Å²) in [7, 11) is -3.80. The second-order valence-electron chi connectivity index (χ2n) is 7.03. The highest BCUT2D eigenvalue weighted by atomic mass is 79.9. The quantitative estimate of drug-likeness (QED) is 0.322. The van der Waals surface area contributed by atoms with Gasteiger partial charge >= 0.3 is 0 Å². The Morgan fingerprint density at radius 2 is 1.79 bits per heavy atom. The average Bonchev–Trinajstić information content (AvgIpc) is 2.79. The highest BCUT2D eigenvalue weighted by Crippen LogP contribution is 2.22. The molecular weight excluding hydrogens is 513 g/mol. The molecule has 33 heavy (non-hydrogen) atoms. The third-order valence-corrected chi connectivity index (χ3v) is 6.57. The predicted molar refractivity (Wildman–Crippen MR) is 127 cm³/mol. The maximum atomic E-state index is 13.0. The number of hydrazone groups is 1. The van der Waals surface area contributed by atoms with Gasteiger partial charge in [-0.25, -0.2) is 23.0 Å². The van der Waals surface area contributed by atoms with Gasteiger partial charge in [0.2, 0.25) is 10.0 Å². The zero-order valence-electron chi connectivity index (χ0n) is 17.6. The molecule has 0 aromatic heterocycles. The number of benzene rings is 3. The van der Waals surface area contributed by atoms with Gasteiger partial charge in [0, 0.05) is 10.0 Å². The maximum Gasteiger partial charge on any atom is 0.255 e. The van der Waals surface area contributed by atoms with Crippen molar-refractivity contribution in [2.45, 2.75) is 18.4 Å². The highest BCUT2D eigenvalue weighted by Gasteiger charge is 2.15. The molecule has 0 unspecified atom stereocenters. The van der Waals surface area contributed by atoms with E-state index in [1.807, 2.05) is 6.92 Å².